The smallest absolute Gasteiger partial charge is 0.224 e. The van der Waals surface area contributed by atoms with Crippen LogP contribution in [0.2, 0.25) is 0 Å². The van der Waals surface area contributed by atoms with Crippen LogP contribution in [0.4, 0.5) is 11.8 Å². The molecule has 5 heteroatoms. The van der Waals surface area contributed by atoms with Gasteiger partial charge in [-0.25, -0.2) is 4.98 Å². The number of nitrogens with zero attached hydrogens (tertiary/aromatic N) is 2. The lowest BCUT2D eigenvalue weighted by atomic mass is 10.2. The van der Waals surface area contributed by atoms with Crippen molar-refractivity contribution in [1.82, 2.24) is 9.97 Å². The Hall–Kier alpha value is -0.970. The Morgan fingerprint density at radius 2 is 2.24 bits per heavy atom. The van der Waals surface area contributed by atoms with Crippen molar-refractivity contribution in [2.24, 2.45) is 0 Å². The standard InChI is InChI=1S/C12H22N4S/c1-5-13-12-14-8-9(2)11(16-12)15-10(3)6-7-17-4/h8,10H,5-7H2,1-4H3,(H2,13,14,15,16). The van der Waals surface area contributed by atoms with E-state index in [1.807, 2.05) is 31.8 Å². The summed E-state index contributed by atoms with van der Waals surface area (Å²) in [5, 5.41) is 6.56. The number of aryl methyl sites for hydroxylation is 1. The summed E-state index contributed by atoms with van der Waals surface area (Å²) in [5.74, 6) is 2.79. The van der Waals surface area contributed by atoms with Crippen LogP contribution >= 0.6 is 11.8 Å². The number of rotatable bonds is 7. The molecule has 0 saturated carbocycles. The molecule has 96 valence electrons. The van der Waals surface area contributed by atoms with Gasteiger partial charge in [0, 0.05) is 24.3 Å². The van der Waals surface area contributed by atoms with Crippen molar-refractivity contribution in [3.63, 3.8) is 0 Å². The summed E-state index contributed by atoms with van der Waals surface area (Å²) >= 11 is 1.87. The first-order valence-electron chi connectivity index (χ1n) is 6.00. The van der Waals surface area contributed by atoms with Gasteiger partial charge in [0.15, 0.2) is 0 Å². The van der Waals surface area contributed by atoms with E-state index in [1.54, 1.807) is 0 Å². The van der Waals surface area contributed by atoms with Crippen molar-refractivity contribution in [3.05, 3.63) is 11.8 Å². The monoisotopic (exact) mass is 254 g/mol. The van der Waals surface area contributed by atoms with Crippen LogP contribution in [0.25, 0.3) is 0 Å². The minimum Gasteiger partial charge on any atom is -0.367 e. The Morgan fingerprint density at radius 3 is 2.88 bits per heavy atom. The molecule has 1 rings (SSSR count). The largest absolute Gasteiger partial charge is 0.367 e. The predicted molar refractivity (Wildman–Crippen MR) is 77.0 cm³/mol. The molecule has 0 spiro atoms. The van der Waals surface area contributed by atoms with Gasteiger partial charge < -0.3 is 10.6 Å². The van der Waals surface area contributed by atoms with Gasteiger partial charge in [0.1, 0.15) is 5.82 Å². The van der Waals surface area contributed by atoms with Gasteiger partial charge in [-0.1, -0.05) is 0 Å². The van der Waals surface area contributed by atoms with E-state index in [1.165, 1.54) is 5.75 Å². The highest BCUT2D eigenvalue weighted by Gasteiger charge is 2.07. The Balaban J connectivity index is 2.64. The van der Waals surface area contributed by atoms with Gasteiger partial charge in [0.25, 0.3) is 0 Å². The number of nitrogens with one attached hydrogen (secondary N) is 2. The van der Waals surface area contributed by atoms with Crippen LogP contribution in [-0.2, 0) is 0 Å². The quantitative estimate of drug-likeness (QED) is 0.783. The minimum atomic E-state index is 0.436. The molecule has 2 N–H and O–H groups in total. The maximum Gasteiger partial charge on any atom is 0.224 e. The zero-order valence-electron chi connectivity index (χ0n) is 11.1. The van der Waals surface area contributed by atoms with Crippen molar-refractivity contribution >= 4 is 23.5 Å². The maximum absolute atomic E-state index is 4.47. The second-order valence-corrected chi connectivity index (χ2v) is 5.07. The Kier molecular flexibility index (Phi) is 6.11. The van der Waals surface area contributed by atoms with Crippen LogP contribution in [0.5, 0.6) is 0 Å². The summed E-state index contributed by atoms with van der Waals surface area (Å²) in [7, 11) is 0. The number of aromatic nitrogens is 2. The van der Waals surface area contributed by atoms with Crippen molar-refractivity contribution in [3.8, 4) is 0 Å². The van der Waals surface area contributed by atoms with E-state index in [0.29, 0.717) is 12.0 Å². The zero-order valence-corrected chi connectivity index (χ0v) is 11.9. The first kappa shape index (κ1) is 14.1. The molecule has 1 heterocycles. The summed E-state index contributed by atoms with van der Waals surface area (Å²) in [6.45, 7) is 7.09. The lowest BCUT2D eigenvalue weighted by Gasteiger charge is -2.16. The van der Waals surface area contributed by atoms with Crippen LogP contribution in [0.1, 0.15) is 25.8 Å². The highest BCUT2D eigenvalue weighted by atomic mass is 32.2. The molecule has 1 aromatic heterocycles. The third-order valence-corrected chi connectivity index (χ3v) is 3.09. The molecule has 1 unspecified atom stereocenters. The first-order chi connectivity index (χ1) is 8.17. The highest BCUT2D eigenvalue weighted by Crippen LogP contribution is 2.15. The SMILES string of the molecule is CCNc1ncc(C)c(NC(C)CCSC)n1. The zero-order chi connectivity index (χ0) is 12.7. The Bertz CT molecular complexity index is 343. The van der Waals surface area contributed by atoms with Gasteiger partial charge in [-0.05, 0) is 39.2 Å². The topological polar surface area (TPSA) is 49.8 Å². The van der Waals surface area contributed by atoms with Gasteiger partial charge >= 0.3 is 0 Å². The summed E-state index contributed by atoms with van der Waals surface area (Å²) in [4.78, 5) is 8.70. The average molecular weight is 254 g/mol. The molecule has 0 aliphatic rings. The molecule has 4 nitrogen and oxygen atoms in total. The molecule has 0 radical (unpaired) electrons. The number of hydrogen-bond acceptors (Lipinski definition) is 5. The number of thioether (sulfide) groups is 1. The van der Waals surface area contributed by atoms with Gasteiger partial charge in [0.05, 0.1) is 0 Å². The molecule has 0 bridgehead atoms. The normalized spacial score (nSPS) is 12.2. The van der Waals surface area contributed by atoms with Crippen molar-refractivity contribution < 1.29 is 0 Å². The first-order valence-corrected chi connectivity index (χ1v) is 7.39. The van der Waals surface area contributed by atoms with E-state index >= 15 is 0 Å². The fourth-order valence-electron chi connectivity index (χ4n) is 1.43. The minimum absolute atomic E-state index is 0.436. The molecule has 17 heavy (non-hydrogen) atoms. The highest BCUT2D eigenvalue weighted by molar-refractivity contribution is 7.98. The average Bonchev–Trinajstić information content (AvgIpc) is 2.31. The van der Waals surface area contributed by atoms with Gasteiger partial charge in [-0.15, -0.1) is 0 Å². The molecule has 0 amide bonds. The second kappa shape index (κ2) is 7.37. The number of anilines is 2. The van der Waals surface area contributed by atoms with Gasteiger partial charge in [0.2, 0.25) is 5.95 Å². The molecule has 0 aliphatic heterocycles. The molecule has 1 aromatic rings. The summed E-state index contributed by atoms with van der Waals surface area (Å²) < 4.78 is 0. The van der Waals surface area contributed by atoms with Crippen molar-refractivity contribution in [1.29, 1.82) is 0 Å². The fourth-order valence-corrected chi connectivity index (χ4v) is 2.02. The molecule has 0 fully saturated rings. The molecule has 0 aliphatic carbocycles. The van der Waals surface area contributed by atoms with Crippen molar-refractivity contribution in [2.75, 3.05) is 29.2 Å². The van der Waals surface area contributed by atoms with E-state index in [9.17, 15) is 0 Å². The van der Waals surface area contributed by atoms with Gasteiger partial charge in [-0.3, -0.25) is 0 Å². The van der Waals surface area contributed by atoms with Gasteiger partial charge in [-0.2, -0.15) is 16.7 Å². The van der Waals surface area contributed by atoms with Crippen LogP contribution in [-0.4, -0.2) is 34.6 Å². The van der Waals surface area contributed by atoms with E-state index in [4.69, 9.17) is 0 Å². The lowest BCUT2D eigenvalue weighted by Crippen LogP contribution is -2.18. The van der Waals surface area contributed by atoms with Crippen LogP contribution in [0, 0.1) is 6.92 Å². The summed E-state index contributed by atoms with van der Waals surface area (Å²) in [5.41, 5.74) is 1.09. The molecule has 1 atom stereocenters. The lowest BCUT2D eigenvalue weighted by molar-refractivity contribution is 0.764. The van der Waals surface area contributed by atoms with E-state index in [-0.39, 0.29) is 0 Å². The summed E-state index contributed by atoms with van der Waals surface area (Å²) in [6.07, 6.45) is 5.13. The second-order valence-electron chi connectivity index (χ2n) is 4.08. The predicted octanol–water partition coefficient (Wildman–Crippen LogP) is 2.77. The Labute approximate surface area is 108 Å². The van der Waals surface area contributed by atoms with Crippen LogP contribution < -0.4 is 10.6 Å². The van der Waals surface area contributed by atoms with Crippen LogP contribution in [0.3, 0.4) is 0 Å². The molecule has 0 saturated heterocycles. The summed E-state index contributed by atoms with van der Waals surface area (Å²) in [6, 6.07) is 0.436. The number of hydrogen-bond donors (Lipinski definition) is 2. The molecular weight excluding hydrogens is 232 g/mol. The maximum atomic E-state index is 4.47. The van der Waals surface area contributed by atoms with E-state index in [0.717, 1.165) is 24.3 Å². The molecule has 0 aromatic carbocycles. The molecular formula is C12H22N4S. The van der Waals surface area contributed by atoms with E-state index in [2.05, 4.69) is 33.8 Å². The van der Waals surface area contributed by atoms with E-state index < -0.39 is 0 Å². The third kappa shape index (κ3) is 4.81. The fraction of sp³-hybridized carbons (Fsp3) is 0.667. The van der Waals surface area contributed by atoms with Crippen LogP contribution in [0.15, 0.2) is 6.20 Å². The van der Waals surface area contributed by atoms with Crippen molar-refractivity contribution in [2.45, 2.75) is 33.2 Å². The Morgan fingerprint density at radius 1 is 1.47 bits per heavy atom. The third-order valence-electron chi connectivity index (χ3n) is 2.44.